The third-order valence-electron chi connectivity index (χ3n) is 3.06. The minimum atomic E-state index is -0.392. The Balaban J connectivity index is 1.71. The van der Waals surface area contributed by atoms with Gasteiger partial charge in [-0.3, -0.25) is 0 Å². The summed E-state index contributed by atoms with van der Waals surface area (Å²) in [5, 5.41) is 12.9. The van der Waals surface area contributed by atoms with E-state index in [2.05, 4.69) is 5.32 Å². The molecule has 0 aromatic rings. The third kappa shape index (κ3) is 11.3. The smallest absolute Gasteiger partial charge is 0.0897 e. The number of hydrogen-bond acceptors (Lipinski definition) is 5. The van der Waals surface area contributed by atoms with Gasteiger partial charge in [-0.05, 0) is 38.1 Å². The van der Waals surface area contributed by atoms with Crippen LogP contribution in [0.3, 0.4) is 0 Å². The van der Waals surface area contributed by atoms with Gasteiger partial charge >= 0.3 is 0 Å². The van der Waals surface area contributed by atoms with Crippen molar-refractivity contribution in [2.24, 2.45) is 5.92 Å². The van der Waals surface area contributed by atoms with E-state index >= 15 is 0 Å². The number of ether oxygens (including phenoxy) is 3. The van der Waals surface area contributed by atoms with Crippen LogP contribution in [-0.2, 0) is 14.2 Å². The van der Waals surface area contributed by atoms with Crippen LogP contribution in [0.15, 0.2) is 0 Å². The molecule has 1 unspecified atom stereocenters. The minimum Gasteiger partial charge on any atom is -0.389 e. The highest BCUT2D eigenvalue weighted by molar-refractivity contribution is 4.72. The molecule has 2 N–H and O–H groups in total. The van der Waals surface area contributed by atoms with E-state index in [1.54, 1.807) is 7.11 Å². The number of rotatable bonds is 14. The van der Waals surface area contributed by atoms with E-state index in [0.29, 0.717) is 26.4 Å². The summed E-state index contributed by atoms with van der Waals surface area (Å²) in [6, 6.07) is 0. The van der Waals surface area contributed by atoms with Crippen LogP contribution in [0.25, 0.3) is 0 Å². The summed E-state index contributed by atoms with van der Waals surface area (Å²) in [5.41, 5.74) is 0. The fourth-order valence-electron chi connectivity index (χ4n) is 1.68. The van der Waals surface area contributed by atoms with Crippen molar-refractivity contribution >= 4 is 0 Å². The fourth-order valence-corrected chi connectivity index (χ4v) is 1.68. The van der Waals surface area contributed by atoms with Crippen molar-refractivity contribution in [1.82, 2.24) is 5.32 Å². The zero-order valence-electron chi connectivity index (χ0n) is 12.1. The van der Waals surface area contributed by atoms with Gasteiger partial charge in [0.15, 0.2) is 0 Å². The van der Waals surface area contributed by atoms with Gasteiger partial charge in [0.2, 0.25) is 0 Å². The number of hydrogen-bond donors (Lipinski definition) is 2. The molecule has 1 aliphatic carbocycles. The lowest BCUT2D eigenvalue weighted by atomic mass is 10.3. The van der Waals surface area contributed by atoms with Crippen LogP contribution in [0.4, 0.5) is 0 Å². The average Bonchev–Trinajstić information content (AvgIpc) is 3.21. The maximum atomic E-state index is 9.66. The van der Waals surface area contributed by atoms with Gasteiger partial charge in [-0.25, -0.2) is 0 Å². The van der Waals surface area contributed by atoms with E-state index in [1.807, 2.05) is 0 Å². The molecule has 1 aliphatic rings. The summed E-state index contributed by atoms with van der Waals surface area (Å²) >= 11 is 0. The van der Waals surface area contributed by atoms with Crippen molar-refractivity contribution in [1.29, 1.82) is 0 Å². The van der Waals surface area contributed by atoms with Crippen LogP contribution < -0.4 is 5.32 Å². The van der Waals surface area contributed by atoms with Gasteiger partial charge in [0.1, 0.15) is 0 Å². The van der Waals surface area contributed by atoms with E-state index in [9.17, 15) is 5.11 Å². The predicted octanol–water partition coefficient (Wildman–Crippen LogP) is 0.807. The lowest BCUT2D eigenvalue weighted by Crippen LogP contribution is -2.31. The first-order valence-corrected chi connectivity index (χ1v) is 7.36. The molecule has 0 heterocycles. The Bertz CT molecular complexity index is 200. The summed E-state index contributed by atoms with van der Waals surface area (Å²) in [7, 11) is 1.67. The fraction of sp³-hybridized carbons (Fsp3) is 1.00. The number of unbranched alkanes of at least 4 members (excludes halogenated alkanes) is 1. The molecule has 114 valence electrons. The number of aliphatic hydroxyl groups excluding tert-OH is 1. The normalized spacial score (nSPS) is 16.7. The largest absolute Gasteiger partial charge is 0.389 e. The first-order chi connectivity index (χ1) is 9.33. The Morgan fingerprint density at radius 1 is 1.16 bits per heavy atom. The molecule has 1 fully saturated rings. The molecular weight excluding hydrogens is 246 g/mol. The topological polar surface area (TPSA) is 60.0 Å². The second-order valence-corrected chi connectivity index (χ2v) is 5.15. The number of nitrogens with one attached hydrogen (secondary N) is 1. The maximum absolute atomic E-state index is 9.66. The molecular formula is C14H29NO4. The highest BCUT2D eigenvalue weighted by Gasteiger charge is 2.21. The highest BCUT2D eigenvalue weighted by atomic mass is 16.5. The molecule has 0 saturated heterocycles. The zero-order valence-corrected chi connectivity index (χ0v) is 12.1. The first-order valence-electron chi connectivity index (χ1n) is 7.36. The third-order valence-corrected chi connectivity index (χ3v) is 3.06. The van der Waals surface area contributed by atoms with Gasteiger partial charge in [-0.2, -0.15) is 0 Å². The van der Waals surface area contributed by atoms with Crippen LogP contribution in [0, 0.1) is 5.92 Å². The summed E-state index contributed by atoms with van der Waals surface area (Å²) < 4.78 is 15.7. The van der Waals surface area contributed by atoms with Crippen LogP contribution in [0.5, 0.6) is 0 Å². The Morgan fingerprint density at radius 3 is 2.74 bits per heavy atom. The molecule has 0 aromatic carbocycles. The van der Waals surface area contributed by atoms with Crippen LogP contribution in [-0.4, -0.2) is 64.4 Å². The summed E-state index contributed by atoms with van der Waals surface area (Å²) in [4.78, 5) is 0. The molecule has 5 nitrogen and oxygen atoms in total. The molecule has 0 bridgehead atoms. The van der Waals surface area contributed by atoms with Gasteiger partial charge in [-0.1, -0.05) is 0 Å². The second-order valence-electron chi connectivity index (χ2n) is 5.15. The molecule has 1 rings (SSSR count). The lowest BCUT2D eigenvalue weighted by molar-refractivity contribution is 0.0324. The zero-order chi connectivity index (χ0) is 13.8. The molecule has 0 radical (unpaired) electrons. The van der Waals surface area contributed by atoms with Crippen molar-refractivity contribution in [3.8, 4) is 0 Å². The standard InChI is InChI=1S/C14H29NO4/c1-17-8-9-18-7-3-2-6-15-10-14(16)12-19-11-13-4-5-13/h13-16H,2-12H2,1H3. The van der Waals surface area contributed by atoms with Crippen molar-refractivity contribution in [3.05, 3.63) is 0 Å². The van der Waals surface area contributed by atoms with E-state index in [4.69, 9.17) is 14.2 Å². The Morgan fingerprint density at radius 2 is 2.00 bits per heavy atom. The predicted molar refractivity (Wildman–Crippen MR) is 74.3 cm³/mol. The van der Waals surface area contributed by atoms with Crippen molar-refractivity contribution in [2.45, 2.75) is 31.8 Å². The Hall–Kier alpha value is -0.200. The maximum Gasteiger partial charge on any atom is 0.0897 e. The van der Waals surface area contributed by atoms with Crippen LogP contribution in [0.2, 0.25) is 0 Å². The summed E-state index contributed by atoms with van der Waals surface area (Å²) in [6.45, 7) is 4.88. The number of aliphatic hydroxyl groups is 1. The average molecular weight is 275 g/mol. The van der Waals surface area contributed by atoms with E-state index in [0.717, 1.165) is 38.5 Å². The van der Waals surface area contributed by atoms with E-state index in [1.165, 1.54) is 12.8 Å². The van der Waals surface area contributed by atoms with Crippen molar-refractivity contribution in [3.63, 3.8) is 0 Å². The Kier molecular flexibility index (Phi) is 10.3. The molecule has 1 saturated carbocycles. The molecule has 5 heteroatoms. The van der Waals surface area contributed by atoms with Crippen LogP contribution >= 0.6 is 0 Å². The first kappa shape index (κ1) is 16.9. The SMILES string of the molecule is COCCOCCCCNCC(O)COCC1CC1. The molecule has 0 aliphatic heterocycles. The monoisotopic (exact) mass is 275 g/mol. The molecule has 0 amide bonds. The van der Waals surface area contributed by atoms with Crippen molar-refractivity contribution in [2.75, 3.05) is 53.2 Å². The van der Waals surface area contributed by atoms with Gasteiger partial charge in [0.25, 0.3) is 0 Å². The molecule has 0 aromatic heterocycles. The van der Waals surface area contributed by atoms with Gasteiger partial charge in [0.05, 0.1) is 25.9 Å². The van der Waals surface area contributed by atoms with E-state index < -0.39 is 6.10 Å². The second kappa shape index (κ2) is 11.6. The highest BCUT2D eigenvalue weighted by Crippen LogP contribution is 2.28. The molecule has 19 heavy (non-hydrogen) atoms. The molecule has 0 spiro atoms. The van der Waals surface area contributed by atoms with Gasteiger partial charge in [0, 0.05) is 26.9 Å². The number of methoxy groups -OCH3 is 1. The minimum absolute atomic E-state index is 0.392. The Labute approximate surface area is 116 Å². The van der Waals surface area contributed by atoms with Gasteiger partial charge in [-0.15, -0.1) is 0 Å². The van der Waals surface area contributed by atoms with E-state index in [-0.39, 0.29) is 0 Å². The quantitative estimate of drug-likeness (QED) is 0.459. The van der Waals surface area contributed by atoms with Crippen molar-refractivity contribution < 1.29 is 19.3 Å². The van der Waals surface area contributed by atoms with Gasteiger partial charge < -0.3 is 24.6 Å². The summed E-state index contributed by atoms with van der Waals surface area (Å²) in [6.07, 6.45) is 4.28. The lowest BCUT2D eigenvalue weighted by Gasteiger charge is -2.12. The summed E-state index contributed by atoms with van der Waals surface area (Å²) in [5.74, 6) is 0.762. The molecule has 1 atom stereocenters. The van der Waals surface area contributed by atoms with Crippen LogP contribution in [0.1, 0.15) is 25.7 Å².